The summed E-state index contributed by atoms with van der Waals surface area (Å²) in [6.07, 6.45) is 12.2. The number of benzene rings is 1. The van der Waals surface area contributed by atoms with Gasteiger partial charge < -0.3 is 30.0 Å². The second-order valence-electron chi connectivity index (χ2n) is 13.5. The van der Waals surface area contributed by atoms with E-state index in [1.807, 2.05) is 51.2 Å². The van der Waals surface area contributed by atoms with Crippen LogP contribution in [0.15, 0.2) is 42.9 Å². The van der Waals surface area contributed by atoms with E-state index in [-0.39, 0.29) is 24.6 Å². The third kappa shape index (κ3) is 4.93. The molecule has 45 heavy (non-hydrogen) atoms. The molecule has 0 spiro atoms. The van der Waals surface area contributed by atoms with Crippen molar-refractivity contribution in [2.75, 3.05) is 25.4 Å². The summed E-state index contributed by atoms with van der Waals surface area (Å²) in [6, 6.07) is 10.0. The second-order valence-corrected chi connectivity index (χ2v) is 13.5. The Morgan fingerprint density at radius 2 is 1.93 bits per heavy atom. The standard InChI is InChI=1S/C34H37N7O4/c1-5-24-26(22-16-21-8-6-7-9-23(21)36-17-22)27-28(35)37-20-38-29(27)41(24)34-12-10-33(19-34,11-13-34)39-30(42)25-18-40(14-15-44-25)31(43)45-32(2,3)4/h1,6-9,16-17,20,25H,10-15,18-19H2,2-4H3,(H,39,42)(H2,35,37,38)/t25-,33?,34?/m0/s1. The van der Waals surface area contributed by atoms with E-state index >= 15 is 0 Å². The van der Waals surface area contributed by atoms with Gasteiger partial charge in [0.25, 0.3) is 5.91 Å². The first-order chi connectivity index (χ1) is 21.5. The van der Waals surface area contributed by atoms with Gasteiger partial charge in [0, 0.05) is 40.3 Å². The first-order valence-corrected chi connectivity index (χ1v) is 15.4. The van der Waals surface area contributed by atoms with Crippen molar-refractivity contribution >= 4 is 39.8 Å². The summed E-state index contributed by atoms with van der Waals surface area (Å²) >= 11 is 0. The van der Waals surface area contributed by atoms with Crippen LogP contribution in [0.4, 0.5) is 10.6 Å². The van der Waals surface area contributed by atoms with E-state index < -0.39 is 23.3 Å². The lowest BCUT2D eigenvalue weighted by atomic mass is 9.90. The minimum Gasteiger partial charge on any atom is -0.444 e. The Morgan fingerprint density at radius 3 is 2.69 bits per heavy atom. The lowest BCUT2D eigenvalue weighted by Gasteiger charge is -2.35. The van der Waals surface area contributed by atoms with Crippen molar-refractivity contribution in [3.05, 3.63) is 48.5 Å². The number of ether oxygens (including phenoxy) is 2. The summed E-state index contributed by atoms with van der Waals surface area (Å²) in [5, 5.41) is 5.04. The Bertz CT molecular complexity index is 1880. The van der Waals surface area contributed by atoms with Gasteiger partial charge >= 0.3 is 6.09 Å². The molecule has 2 aliphatic carbocycles. The van der Waals surface area contributed by atoms with Gasteiger partial charge in [-0.15, -0.1) is 6.42 Å². The molecule has 11 heteroatoms. The molecule has 11 nitrogen and oxygen atoms in total. The van der Waals surface area contributed by atoms with E-state index in [4.69, 9.17) is 31.6 Å². The van der Waals surface area contributed by atoms with Crippen LogP contribution in [0.25, 0.3) is 33.1 Å². The van der Waals surface area contributed by atoms with Crippen molar-refractivity contribution in [3.63, 3.8) is 0 Å². The number of hydrogen-bond donors (Lipinski definition) is 2. The van der Waals surface area contributed by atoms with Crippen molar-refractivity contribution in [2.45, 2.75) is 75.7 Å². The van der Waals surface area contributed by atoms with Gasteiger partial charge in [0.15, 0.2) is 6.10 Å². The Labute approximate surface area is 261 Å². The van der Waals surface area contributed by atoms with Crippen LogP contribution in [0.5, 0.6) is 0 Å². The number of nitrogen functional groups attached to an aromatic ring is 1. The Balaban J connectivity index is 1.20. The number of rotatable bonds is 4. The van der Waals surface area contributed by atoms with E-state index in [9.17, 15) is 9.59 Å². The van der Waals surface area contributed by atoms with E-state index in [2.05, 4.69) is 26.9 Å². The van der Waals surface area contributed by atoms with Crippen LogP contribution < -0.4 is 11.1 Å². The van der Waals surface area contributed by atoms with Gasteiger partial charge in [-0.25, -0.2) is 14.8 Å². The zero-order chi connectivity index (χ0) is 31.6. The number of amides is 2. The zero-order valence-corrected chi connectivity index (χ0v) is 25.8. The Morgan fingerprint density at radius 1 is 1.16 bits per heavy atom. The summed E-state index contributed by atoms with van der Waals surface area (Å²) in [4.78, 5) is 41.6. The molecule has 2 saturated carbocycles. The molecule has 3 fully saturated rings. The van der Waals surface area contributed by atoms with Crippen molar-refractivity contribution in [2.24, 2.45) is 0 Å². The summed E-state index contributed by atoms with van der Waals surface area (Å²) in [5.41, 5.74) is 9.00. The highest BCUT2D eigenvalue weighted by atomic mass is 16.6. The third-order valence-corrected chi connectivity index (χ3v) is 9.47. The molecule has 4 heterocycles. The highest BCUT2D eigenvalue weighted by Crippen LogP contribution is 2.57. The number of morpholine rings is 1. The van der Waals surface area contributed by atoms with Gasteiger partial charge in [0.2, 0.25) is 0 Å². The Kier molecular flexibility index (Phi) is 6.74. The van der Waals surface area contributed by atoms with E-state index in [1.165, 1.54) is 6.33 Å². The summed E-state index contributed by atoms with van der Waals surface area (Å²) in [7, 11) is 0. The number of para-hydroxylation sites is 1. The number of nitrogens with two attached hydrogens (primary N) is 1. The molecule has 7 rings (SSSR count). The van der Waals surface area contributed by atoms with Crippen molar-refractivity contribution < 1.29 is 19.1 Å². The van der Waals surface area contributed by atoms with Crippen LogP contribution in [0.2, 0.25) is 0 Å². The maximum absolute atomic E-state index is 13.6. The number of hydrogen-bond acceptors (Lipinski definition) is 8. The van der Waals surface area contributed by atoms with Crippen molar-refractivity contribution in [1.29, 1.82) is 0 Å². The fraction of sp³-hybridized carbons (Fsp3) is 0.441. The van der Waals surface area contributed by atoms with E-state index in [0.29, 0.717) is 35.5 Å². The number of fused-ring (bicyclic) bond motifs is 4. The van der Waals surface area contributed by atoms with E-state index in [0.717, 1.165) is 47.7 Å². The SMILES string of the molecule is C#Cc1c(-c2cnc3ccccc3c2)c2c(N)ncnc2n1C12CCC(NC(=O)[C@@H]3CN(C(=O)OC(C)(C)C)CCO3)(CC1)C2. The van der Waals surface area contributed by atoms with Gasteiger partial charge in [-0.05, 0) is 65.0 Å². The van der Waals surface area contributed by atoms with Gasteiger partial charge in [0.1, 0.15) is 29.1 Å². The Hall–Kier alpha value is -4.69. The number of pyridine rings is 1. The molecule has 1 aliphatic heterocycles. The zero-order valence-electron chi connectivity index (χ0n) is 25.8. The predicted molar refractivity (Wildman–Crippen MR) is 170 cm³/mol. The maximum atomic E-state index is 13.6. The number of aromatic nitrogens is 4. The van der Waals surface area contributed by atoms with Gasteiger partial charge in [-0.3, -0.25) is 9.78 Å². The summed E-state index contributed by atoms with van der Waals surface area (Å²) < 4.78 is 13.5. The first-order valence-electron chi connectivity index (χ1n) is 15.4. The third-order valence-electron chi connectivity index (χ3n) is 9.47. The number of nitrogens with zero attached hydrogens (tertiary/aromatic N) is 5. The van der Waals surface area contributed by atoms with Crippen LogP contribution in [-0.4, -0.2) is 73.4 Å². The topological polar surface area (TPSA) is 137 Å². The molecule has 232 valence electrons. The molecule has 2 amide bonds. The number of carbonyl (C=O) groups excluding carboxylic acids is 2. The first kappa shape index (κ1) is 29.0. The van der Waals surface area contributed by atoms with Gasteiger partial charge in [0.05, 0.1) is 24.1 Å². The molecule has 4 aromatic rings. The summed E-state index contributed by atoms with van der Waals surface area (Å²) in [5.74, 6) is 3.11. The molecule has 2 bridgehead atoms. The number of carbonyl (C=O) groups is 2. The monoisotopic (exact) mass is 607 g/mol. The quantitative estimate of drug-likeness (QED) is 0.326. The van der Waals surface area contributed by atoms with Crippen molar-refractivity contribution in [1.82, 2.24) is 29.7 Å². The molecule has 0 radical (unpaired) electrons. The van der Waals surface area contributed by atoms with Gasteiger partial charge in [-0.2, -0.15) is 0 Å². The van der Waals surface area contributed by atoms with Crippen LogP contribution in [0, 0.1) is 12.3 Å². The van der Waals surface area contributed by atoms with Crippen LogP contribution in [0.1, 0.15) is 58.6 Å². The maximum Gasteiger partial charge on any atom is 0.410 e. The normalized spacial score (nSPS) is 24.6. The largest absolute Gasteiger partial charge is 0.444 e. The second kappa shape index (κ2) is 10.4. The molecule has 3 aliphatic rings. The number of anilines is 1. The lowest BCUT2D eigenvalue weighted by molar-refractivity contribution is -0.139. The highest BCUT2D eigenvalue weighted by Gasteiger charge is 2.57. The molecule has 0 unspecified atom stereocenters. The lowest BCUT2D eigenvalue weighted by Crippen LogP contribution is -2.56. The minimum atomic E-state index is -0.774. The molecule has 1 atom stereocenters. The average Bonchev–Trinajstić information content (AvgIpc) is 3.69. The predicted octanol–water partition coefficient (Wildman–Crippen LogP) is 4.37. The van der Waals surface area contributed by atoms with E-state index in [1.54, 1.807) is 4.90 Å². The fourth-order valence-electron chi connectivity index (χ4n) is 7.51. The molecular weight excluding hydrogens is 570 g/mol. The van der Waals surface area contributed by atoms with Crippen LogP contribution in [0.3, 0.4) is 0 Å². The number of nitrogens with one attached hydrogen (secondary N) is 1. The van der Waals surface area contributed by atoms with Crippen LogP contribution in [-0.2, 0) is 19.8 Å². The molecule has 1 aromatic carbocycles. The molecular formula is C34H37N7O4. The highest BCUT2D eigenvalue weighted by molar-refractivity contribution is 6.04. The molecule has 1 saturated heterocycles. The summed E-state index contributed by atoms with van der Waals surface area (Å²) in [6.45, 7) is 6.25. The fourth-order valence-corrected chi connectivity index (χ4v) is 7.51. The van der Waals surface area contributed by atoms with Gasteiger partial charge in [-0.1, -0.05) is 24.1 Å². The molecule has 3 N–H and O–H groups in total. The minimum absolute atomic E-state index is 0.144. The van der Waals surface area contributed by atoms with Crippen molar-refractivity contribution in [3.8, 4) is 23.5 Å². The average molecular weight is 608 g/mol. The molecule has 3 aromatic heterocycles. The number of terminal acetylenes is 1. The smallest absolute Gasteiger partial charge is 0.410 e. The van der Waals surface area contributed by atoms with Crippen LogP contribution >= 0.6 is 0 Å².